The van der Waals surface area contributed by atoms with Gasteiger partial charge in [-0.15, -0.1) is 5.10 Å². The first kappa shape index (κ1) is 17.3. The lowest BCUT2D eigenvalue weighted by molar-refractivity contribution is 0.341. The van der Waals surface area contributed by atoms with Gasteiger partial charge in [0.2, 0.25) is 5.16 Å². The lowest BCUT2D eigenvalue weighted by atomic mass is 10.2. The molecule has 27 heavy (non-hydrogen) atoms. The Balaban J connectivity index is 1.53. The zero-order valence-electron chi connectivity index (χ0n) is 14.6. The van der Waals surface area contributed by atoms with E-state index >= 15 is 0 Å². The number of H-pyrrole nitrogens is 2. The van der Waals surface area contributed by atoms with E-state index < -0.39 is 0 Å². The highest BCUT2D eigenvalue weighted by Crippen LogP contribution is 2.28. The molecule has 0 atom stereocenters. The number of aromatic amines is 2. The third-order valence-electron chi connectivity index (χ3n) is 3.91. The number of nitrogens with zero attached hydrogens (tertiary/aromatic N) is 3. The Hall–Kier alpha value is -3.13. The van der Waals surface area contributed by atoms with Crippen LogP contribution in [0.2, 0.25) is 0 Å². The summed E-state index contributed by atoms with van der Waals surface area (Å²) in [5.41, 5.74) is 1.40. The van der Waals surface area contributed by atoms with E-state index in [1.54, 1.807) is 6.07 Å². The molecule has 2 N–H and O–H groups in total. The second-order valence-corrected chi connectivity index (χ2v) is 6.66. The van der Waals surface area contributed by atoms with Gasteiger partial charge in [-0.05, 0) is 31.2 Å². The van der Waals surface area contributed by atoms with Crippen molar-refractivity contribution in [3.05, 3.63) is 64.7 Å². The number of nitrogens with one attached hydrogen (secondary N) is 2. The van der Waals surface area contributed by atoms with Crippen molar-refractivity contribution in [1.82, 2.24) is 25.1 Å². The van der Waals surface area contributed by atoms with Crippen molar-refractivity contribution < 1.29 is 4.74 Å². The summed E-state index contributed by atoms with van der Waals surface area (Å²) in [6.45, 7) is 2.52. The molecule has 0 radical (unpaired) electrons. The third-order valence-corrected chi connectivity index (χ3v) is 4.77. The zero-order chi connectivity index (χ0) is 18.6. The monoisotopic (exact) mass is 379 g/mol. The lowest BCUT2D eigenvalue weighted by Gasteiger charge is -2.06. The molecule has 0 bridgehead atoms. The summed E-state index contributed by atoms with van der Waals surface area (Å²) < 4.78 is 5.64. The average molecular weight is 379 g/mol. The van der Waals surface area contributed by atoms with Crippen molar-refractivity contribution in [3.63, 3.8) is 0 Å². The van der Waals surface area contributed by atoms with E-state index in [0.29, 0.717) is 40.1 Å². The smallest absolute Gasteiger partial charge is 0.258 e. The molecule has 2 aromatic heterocycles. The molecule has 2 aromatic carbocycles. The summed E-state index contributed by atoms with van der Waals surface area (Å²) in [6, 6.07) is 15.0. The SMILES string of the molecule is CCOc1ccccc1-c1nc(SCc2nc3ccccc3c(=O)[nH]2)n[nH]1. The van der Waals surface area contributed by atoms with Gasteiger partial charge in [-0.3, -0.25) is 9.89 Å². The molecule has 4 rings (SSSR count). The van der Waals surface area contributed by atoms with Gasteiger partial charge in [0.25, 0.3) is 5.56 Å². The molecule has 136 valence electrons. The quantitative estimate of drug-likeness (QED) is 0.499. The summed E-state index contributed by atoms with van der Waals surface area (Å²) in [5.74, 6) is 2.45. The van der Waals surface area contributed by atoms with E-state index in [2.05, 4.69) is 25.1 Å². The summed E-state index contributed by atoms with van der Waals surface area (Å²) in [7, 11) is 0. The summed E-state index contributed by atoms with van der Waals surface area (Å²) >= 11 is 1.40. The number of fused-ring (bicyclic) bond motifs is 1. The third kappa shape index (κ3) is 3.70. The van der Waals surface area contributed by atoms with Crippen LogP contribution in [-0.2, 0) is 5.75 Å². The predicted molar refractivity (Wildman–Crippen MR) is 105 cm³/mol. The Morgan fingerprint density at radius 2 is 1.89 bits per heavy atom. The molecular formula is C19H17N5O2S. The van der Waals surface area contributed by atoms with Crippen molar-refractivity contribution in [3.8, 4) is 17.1 Å². The van der Waals surface area contributed by atoms with Gasteiger partial charge in [0.15, 0.2) is 5.82 Å². The maximum Gasteiger partial charge on any atom is 0.258 e. The maximum atomic E-state index is 12.1. The van der Waals surface area contributed by atoms with Crippen molar-refractivity contribution in [2.24, 2.45) is 0 Å². The topological polar surface area (TPSA) is 96.6 Å². The fourth-order valence-corrected chi connectivity index (χ4v) is 3.38. The van der Waals surface area contributed by atoms with E-state index in [0.717, 1.165) is 11.3 Å². The Kier molecular flexibility index (Phi) is 4.88. The summed E-state index contributed by atoms with van der Waals surface area (Å²) in [6.07, 6.45) is 0. The average Bonchev–Trinajstić information content (AvgIpc) is 3.16. The minimum Gasteiger partial charge on any atom is -0.493 e. The normalized spacial score (nSPS) is 11.0. The van der Waals surface area contributed by atoms with Gasteiger partial charge in [-0.25, -0.2) is 9.97 Å². The van der Waals surface area contributed by atoms with Gasteiger partial charge < -0.3 is 9.72 Å². The van der Waals surface area contributed by atoms with Crippen LogP contribution in [0.5, 0.6) is 5.75 Å². The fourth-order valence-electron chi connectivity index (χ4n) is 2.71. The highest BCUT2D eigenvalue weighted by molar-refractivity contribution is 7.98. The van der Waals surface area contributed by atoms with E-state index in [1.807, 2.05) is 49.4 Å². The van der Waals surface area contributed by atoms with Crippen molar-refractivity contribution in [1.29, 1.82) is 0 Å². The first-order valence-electron chi connectivity index (χ1n) is 8.50. The van der Waals surface area contributed by atoms with Crippen LogP contribution in [0.15, 0.2) is 58.5 Å². The maximum absolute atomic E-state index is 12.1. The van der Waals surface area contributed by atoms with E-state index in [4.69, 9.17) is 4.74 Å². The molecule has 0 saturated heterocycles. The molecule has 0 amide bonds. The van der Waals surface area contributed by atoms with Crippen LogP contribution in [0.1, 0.15) is 12.7 Å². The van der Waals surface area contributed by atoms with Gasteiger partial charge >= 0.3 is 0 Å². The number of para-hydroxylation sites is 2. The number of aromatic nitrogens is 5. The molecule has 8 heteroatoms. The number of thioether (sulfide) groups is 1. The van der Waals surface area contributed by atoms with Gasteiger partial charge in [0, 0.05) is 0 Å². The largest absolute Gasteiger partial charge is 0.493 e. The number of hydrogen-bond donors (Lipinski definition) is 2. The standard InChI is InChI=1S/C19H17N5O2S/c1-2-26-15-10-6-4-8-13(15)17-22-19(24-23-17)27-11-16-20-14-9-5-3-7-12(14)18(25)21-16/h3-10H,2,11H2,1H3,(H,20,21,25)(H,22,23,24). The highest BCUT2D eigenvalue weighted by Gasteiger charge is 2.12. The molecule has 0 aliphatic rings. The van der Waals surface area contributed by atoms with Crippen LogP contribution in [0.3, 0.4) is 0 Å². The second-order valence-electron chi connectivity index (χ2n) is 5.71. The van der Waals surface area contributed by atoms with Crippen molar-refractivity contribution >= 4 is 22.7 Å². The molecule has 2 heterocycles. The molecular weight excluding hydrogens is 362 g/mol. The van der Waals surface area contributed by atoms with E-state index in [9.17, 15) is 4.79 Å². The molecule has 0 aliphatic carbocycles. The van der Waals surface area contributed by atoms with Gasteiger partial charge in [-0.2, -0.15) is 0 Å². The van der Waals surface area contributed by atoms with Crippen LogP contribution in [0.25, 0.3) is 22.3 Å². The van der Waals surface area contributed by atoms with E-state index in [-0.39, 0.29) is 5.56 Å². The van der Waals surface area contributed by atoms with Crippen LogP contribution in [0, 0.1) is 0 Å². The highest BCUT2D eigenvalue weighted by atomic mass is 32.2. The first-order chi connectivity index (χ1) is 13.2. The van der Waals surface area contributed by atoms with Crippen LogP contribution < -0.4 is 10.3 Å². The molecule has 0 fully saturated rings. The molecule has 0 saturated carbocycles. The Morgan fingerprint density at radius 3 is 2.78 bits per heavy atom. The first-order valence-corrected chi connectivity index (χ1v) is 9.48. The number of benzene rings is 2. The molecule has 0 aliphatic heterocycles. The number of ether oxygens (including phenoxy) is 1. The van der Waals surface area contributed by atoms with Crippen molar-refractivity contribution in [2.75, 3.05) is 6.61 Å². The van der Waals surface area contributed by atoms with Gasteiger partial charge in [0.05, 0.1) is 28.8 Å². The number of rotatable bonds is 6. The zero-order valence-corrected chi connectivity index (χ0v) is 15.4. The fraction of sp³-hybridized carbons (Fsp3) is 0.158. The Bertz CT molecular complexity index is 1140. The predicted octanol–water partition coefficient (Wildman–Crippen LogP) is 3.40. The lowest BCUT2D eigenvalue weighted by Crippen LogP contribution is -2.11. The summed E-state index contributed by atoms with van der Waals surface area (Å²) in [4.78, 5) is 24.0. The molecule has 0 unspecified atom stereocenters. The molecule has 4 aromatic rings. The second kappa shape index (κ2) is 7.63. The Morgan fingerprint density at radius 1 is 1.07 bits per heavy atom. The number of hydrogen-bond acceptors (Lipinski definition) is 6. The molecule has 7 nitrogen and oxygen atoms in total. The van der Waals surface area contributed by atoms with Crippen molar-refractivity contribution in [2.45, 2.75) is 17.8 Å². The summed E-state index contributed by atoms with van der Waals surface area (Å²) in [5, 5.41) is 8.35. The Labute approximate surface area is 159 Å². The van der Waals surface area contributed by atoms with Crippen LogP contribution in [0.4, 0.5) is 0 Å². The van der Waals surface area contributed by atoms with Crippen LogP contribution >= 0.6 is 11.8 Å². The molecule has 0 spiro atoms. The minimum atomic E-state index is -0.141. The van der Waals surface area contributed by atoms with Crippen LogP contribution in [-0.4, -0.2) is 31.8 Å². The van der Waals surface area contributed by atoms with Gasteiger partial charge in [-0.1, -0.05) is 36.0 Å². The minimum absolute atomic E-state index is 0.141. The van der Waals surface area contributed by atoms with Gasteiger partial charge in [0.1, 0.15) is 11.6 Å². The van der Waals surface area contributed by atoms with E-state index in [1.165, 1.54) is 11.8 Å².